The van der Waals surface area contributed by atoms with E-state index in [1.165, 1.54) is 22.3 Å². The molecule has 2 unspecified atom stereocenters. The Kier molecular flexibility index (Phi) is 10.2. The average molecular weight is 639 g/mol. The van der Waals surface area contributed by atoms with Crippen molar-refractivity contribution in [3.63, 3.8) is 0 Å². The van der Waals surface area contributed by atoms with Crippen LogP contribution in [0.5, 0.6) is 0 Å². The molecule has 2 heterocycles. The van der Waals surface area contributed by atoms with Crippen LogP contribution in [0.3, 0.4) is 0 Å². The Balaban J connectivity index is 1.70. The monoisotopic (exact) mass is 638 g/mol. The fraction of sp³-hybridized carbons (Fsp3) is 0.610. The Morgan fingerprint density at radius 3 is 1.23 bits per heavy atom. The van der Waals surface area contributed by atoms with Crippen LogP contribution in [0.25, 0.3) is 11.1 Å². The van der Waals surface area contributed by atoms with Gasteiger partial charge < -0.3 is 18.6 Å². The van der Waals surface area contributed by atoms with Crippen molar-refractivity contribution in [2.24, 2.45) is 11.8 Å². The lowest BCUT2D eigenvalue weighted by Gasteiger charge is -2.39. The van der Waals surface area contributed by atoms with E-state index in [-0.39, 0.29) is 5.41 Å². The maximum Gasteiger partial charge on any atom is 0.494 e. The summed E-state index contributed by atoms with van der Waals surface area (Å²) in [5.74, 6) is 1.12. The van der Waals surface area contributed by atoms with Gasteiger partial charge in [-0.1, -0.05) is 75.2 Å². The SMILES string of the molecule is C=CCCC(CC)CC1(CC(CC)CCC=C)c2cc(B3OC(C)(C)C(C)(C)O3)ccc2-c2ccc(B3OC(C)(C)C(C)(C)O3)cc21. The van der Waals surface area contributed by atoms with Crippen molar-refractivity contribution in [2.75, 3.05) is 0 Å². The van der Waals surface area contributed by atoms with Crippen molar-refractivity contribution in [3.05, 3.63) is 72.8 Å². The highest BCUT2D eigenvalue weighted by Gasteiger charge is 2.54. The minimum Gasteiger partial charge on any atom is -0.399 e. The van der Waals surface area contributed by atoms with Crippen LogP contribution in [-0.4, -0.2) is 36.6 Å². The molecule has 5 rings (SSSR count). The molecule has 2 aromatic rings. The molecule has 0 amide bonds. The van der Waals surface area contributed by atoms with Crippen molar-refractivity contribution < 1.29 is 18.6 Å². The molecule has 2 saturated heterocycles. The molecule has 0 N–H and O–H groups in total. The van der Waals surface area contributed by atoms with Crippen LogP contribution in [0.1, 0.15) is 132 Å². The summed E-state index contributed by atoms with van der Waals surface area (Å²) in [6.45, 7) is 29.9. The molecule has 0 saturated carbocycles. The van der Waals surface area contributed by atoms with Gasteiger partial charge in [-0.25, -0.2) is 0 Å². The van der Waals surface area contributed by atoms with Crippen LogP contribution in [0.4, 0.5) is 0 Å². The molecule has 47 heavy (non-hydrogen) atoms. The van der Waals surface area contributed by atoms with Crippen molar-refractivity contribution >= 4 is 25.2 Å². The van der Waals surface area contributed by atoms with Gasteiger partial charge >= 0.3 is 14.2 Å². The zero-order valence-corrected chi connectivity index (χ0v) is 31.1. The first-order valence-corrected chi connectivity index (χ1v) is 18.3. The first kappa shape index (κ1) is 36.2. The van der Waals surface area contributed by atoms with Gasteiger partial charge in [-0.3, -0.25) is 0 Å². The van der Waals surface area contributed by atoms with E-state index in [1.807, 2.05) is 0 Å². The third-order valence-electron chi connectivity index (χ3n) is 12.4. The smallest absolute Gasteiger partial charge is 0.399 e. The number of fused-ring (bicyclic) bond motifs is 3. The predicted molar refractivity (Wildman–Crippen MR) is 200 cm³/mol. The van der Waals surface area contributed by atoms with Gasteiger partial charge in [-0.05, 0) is 139 Å². The summed E-state index contributed by atoms with van der Waals surface area (Å²) < 4.78 is 26.5. The fourth-order valence-electron chi connectivity index (χ4n) is 7.90. The lowest BCUT2D eigenvalue weighted by molar-refractivity contribution is 0.00578. The van der Waals surface area contributed by atoms with E-state index in [9.17, 15) is 0 Å². The lowest BCUT2D eigenvalue weighted by atomic mass is 9.63. The minimum absolute atomic E-state index is 0.173. The largest absolute Gasteiger partial charge is 0.494 e. The van der Waals surface area contributed by atoms with E-state index in [0.29, 0.717) is 11.8 Å². The van der Waals surface area contributed by atoms with Crippen LogP contribution < -0.4 is 10.9 Å². The summed E-state index contributed by atoms with van der Waals surface area (Å²) in [6, 6.07) is 14.0. The van der Waals surface area contributed by atoms with Crippen LogP contribution in [0, 0.1) is 11.8 Å². The molecule has 3 aliphatic rings. The minimum atomic E-state index is -0.405. The van der Waals surface area contributed by atoms with Crippen molar-refractivity contribution in [1.82, 2.24) is 0 Å². The van der Waals surface area contributed by atoms with E-state index >= 15 is 0 Å². The number of benzene rings is 2. The molecule has 4 nitrogen and oxygen atoms in total. The normalized spacial score (nSPS) is 22.5. The summed E-state index contributed by atoms with van der Waals surface area (Å²) in [6.07, 6.45) is 13.0. The topological polar surface area (TPSA) is 36.9 Å². The van der Waals surface area contributed by atoms with Crippen LogP contribution in [-0.2, 0) is 24.0 Å². The summed E-state index contributed by atoms with van der Waals surface area (Å²) in [5, 5.41) is 0. The Bertz CT molecular complexity index is 1320. The van der Waals surface area contributed by atoms with E-state index < -0.39 is 36.6 Å². The quantitative estimate of drug-likeness (QED) is 0.153. The third kappa shape index (κ3) is 6.62. The van der Waals surface area contributed by atoms with Gasteiger partial charge in [0.05, 0.1) is 22.4 Å². The van der Waals surface area contributed by atoms with Gasteiger partial charge in [0, 0.05) is 5.41 Å². The van der Waals surface area contributed by atoms with Crippen molar-refractivity contribution in [3.8, 4) is 11.1 Å². The molecule has 6 heteroatoms. The van der Waals surface area contributed by atoms with Crippen molar-refractivity contribution in [1.29, 1.82) is 0 Å². The van der Waals surface area contributed by atoms with Crippen LogP contribution >= 0.6 is 0 Å². The molecular weight excluding hydrogens is 578 g/mol. The maximum atomic E-state index is 6.61. The molecule has 0 aromatic heterocycles. The van der Waals surface area contributed by atoms with Crippen LogP contribution in [0.2, 0.25) is 0 Å². The molecular formula is C41H60B2O4. The lowest BCUT2D eigenvalue weighted by Crippen LogP contribution is -2.41. The molecule has 0 radical (unpaired) electrons. The second-order valence-corrected chi connectivity index (χ2v) is 16.6. The molecule has 0 spiro atoms. The summed E-state index contributed by atoms with van der Waals surface area (Å²) in [4.78, 5) is 0. The number of allylic oxidation sites excluding steroid dienone is 2. The Morgan fingerprint density at radius 1 is 0.596 bits per heavy atom. The van der Waals surface area contributed by atoms with Gasteiger partial charge in [0.15, 0.2) is 0 Å². The van der Waals surface area contributed by atoms with Gasteiger partial charge in [-0.15, -0.1) is 13.2 Å². The number of rotatable bonds is 14. The summed E-state index contributed by atoms with van der Waals surface area (Å²) in [7, 11) is -0.810. The van der Waals surface area contributed by atoms with Gasteiger partial charge in [-0.2, -0.15) is 0 Å². The first-order valence-electron chi connectivity index (χ1n) is 18.3. The maximum absolute atomic E-state index is 6.61. The fourth-order valence-corrected chi connectivity index (χ4v) is 7.90. The second-order valence-electron chi connectivity index (χ2n) is 16.6. The van der Waals surface area contributed by atoms with Gasteiger partial charge in [0.25, 0.3) is 0 Å². The molecule has 2 fully saturated rings. The number of hydrogen-bond donors (Lipinski definition) is 0. The first-order chi connectivity index (χ1) is 22.0. The predicted octanol–water partition coefficient (Wildman–Crippen LogP) is 9.32. The Labute approximate surface area is 287 Å². The van der Waals surface area contributed by atoms with E-state index in [2.05, 4.69) is 131 Å². The highest BCUT2D eigenvalue weighted by molar-refractivity contribution is 6.62. The Hall–Kier alpha value is -2.11. The highest BCUT2D eigenvalue weighted by atomic mass is 16.7. The number of hydrogen-bond acceptors (Lipinski definition) is 4. The molecule has 2 aliphatic heterocycles. The second kappa shape index (κ2) is 13.3. The average Bonchev–Trinajstić information content (AvgIpc) is 3.51. The van der Waals surface area contributed by atoms with E-state index in [0.717, 1.165) is 62.3 Å². The summed E-state index contributed by atoms with van der Waals surface area (Å²) in [5.41, 5.74) is 5.93. The molecule has 0 bridgehead atoms. The van der Waals surface area contributed by atoms with Crippen molar-refractivity contribution in [2.45, 2.75) is 148 Å². The van der Waals surface area contributed by atoms with E-state index in [4.69, 9.17) is 18.6 Å². The molecule has 2 atom stereocenters. The zero-order chi connectivity index (χ0) is 34.4. The van der Waals surface area contributed by atoms with Gasteiger partial charge in [0.1, 0.15) is 0 Å². The third-order valence-corrected chi connectivity index (χ3v) is 12.4. The van der Waals surface area contributed by atoms with E-state index in [1.54, 1.807) is 0 Å². The van der Waals surface area contributed by atoms with Crippen LogP contribution in [0.15, 0.2) is 61.7 Å². The molecule has 254 valence electrons. The molecule has 2 aromatic carbocycles. The molecule has 1 aliphatic carbocycles. The highest BCUT2D eigenvalue weighted by Crippen LogP contribution is 2.56. The van der Waals surface area contributed by atoms with Gasteiger partial charge in [0.2, 0.25) is 0 Å². The zero-order valence-electron chi connectivity index (χ0n) is 31.1. The Morgan fingerprint density at radius 2 is 0.936 bits per heavy atom. The summed E-state index contributed by atoms with van der Waals surface area (Å²) >= 11 is 0. The standard InChI is InChI=1S/C41H60B2O4/c1-13-17-19-29(15-3)27-41(28-30(16-4)20-18-14-2)35-25-31(42-44-37(5,6)38(7,8)45-42)21-23-33(35)34-24-22-32(26-36(34)41)43-46-39(9,10)40(11,12)47-43/h13-14,21-26,29-30H,1-2,15-20,27-28H2,3-12H3.